The fraction of sp³-hybridized carbons (Fsp3) is 0.160. The number of alkyl halides is 3. The van der Waals surface area contributed by atoms with E-state index in [4.69, 9.17) is 0 Å². The third kappa shape index (κ3) is 5.09. The zero-order valence-corrected chi connectivity index (χ0v) is 18.5. The molecule has 0 aliphatic carbocycles. The first-order valence-electron chi connectivity index (χ1n) is 10.5. The maximum Gasteiger partial charge on any atom is 0.416 e. The number of nitrogens with one attached hydrogen (secondary N) is 2. The van der Waals surface area contributed by atoms with Crippen molar-refractivity contribution in [1.29, 1.82) is 0 Å². The lowest BCUT2D eigenvalue weighted by atomic mass is 10.1. The lowest BCUT2D eigenvalue weighted by Gasteiger charge is -2.27. The van der Waals surface area contributed by atoms with Gasteiger partial charge in [-0.15, -0.1) is 0 Å². The maximum absolute atomic E-state index is 13.1. The number of carbonyl (C=O) groups excluding carboxylic acids is 1. The van der Waals surface area contributed by atoms with E-state index < -0.39 is 17.8 Å². The summed E-state index contributed by atoms with van der Waals surface area (Å²) >= 11 is 0. The third-order valence-electron chi connectivity index (χ3n) is 5.36. The quantitative estimate of drug-likeness (QED) is 0.486. The summed E-state index contributed by atoms with van der Waals surface area (Å²) < 4.78 is 39.4. The number of urea groups is 1. The monoisotopic (exact) mass is 465 g/mol. The molecule has 4 rings (SSSR count). The number of carbonyl (C=O) groups is 1. The molecular weight excluding hydrogens is 443 g/mol. The first-order chi connectivity index (χ1) is 16.2. The lowest BCUT2D eigenvalue weighted by molar-refractivity contribution is -0.138. The molecular formula is C25H22F3N5O. The van der Waals surface area contributed by atoms with Crippen molar-refractivity contribution in [2.75, 3.05) is 22.1 Å². The van der Waals surface area contributed by atoms with Crippen LogP contribution in [0.1, 0.15) is 22.3 Å². The van der Waals surface area contributed by atoms with Crippen LogP contribution in [0.5, 0.6) is 0 Å². The summed E-state index contributed by atoms with van der Waals surface area (Å²) in [5.74, 6) is 0.780. The molecule has 0 bridgehead atoms. The van der Waals surface area contributed by atoms with E-state index >= 15 is 0 Å². The average Bonchev–Trinajstić information content (AvgIpc) is 2.81. The highest BCUT2D eigenvalue weighted by Gasteiger charge is 2.32. The highest BCUT2D eigenvalue weighted by atomic mass is 19.4. The lowest BCUT2D eigenvalue weighted by Crippen LogP contribution is -2.33. The number of amides is 2. The molecule has 2 heterocycles. The summed E-state index contributed by atoms with van der Waals surface area (Å²) in [6.45, 7) is 3.85. The Morgan fingerprint density at radius 2 is 1.74 bits per heavy atom. The maximum atomic E-state index is 13.1. The Hall–Kier alpha value is -4.14. The second-order valence-electron chi connectivity index (χ2n) is 7.79. The van der Waals surface area contributed by atoms with E-state index in [1.54, 1.807) is 24.7 Å². The van der Waals surface area contributed by atoms with Crippen LogP contribution < -0.4 is 15.5 Å². The van der Waals surface area contributed by atoms with Gasteiger partial charge in [-0.05, 0) is 73.5 Å². The normalized spacial score (nSPS) is 13.4. The Morgan fingerprint density at radius 1 is 0.971 bits per heavy atom. The molecule has 6 nitrogen and oxygen atoms in total. The number of nitrogens with zero attached hydrogens (tertiary/aromatic N) is 3. The highest BCUT2D eigenvalue weighted by molar-refractivity contribution is 6.11. The fourth-order valence-electron chi connectivity index (χ4n) is 3.64. The largest absolute Gasteiger partial charge is 0.416 e. The van der Waals surface area contributed by atoms with Crippen molar-refractivity contribution in [1.82, 2.24) is 4.98 Å². The molecule has 0 spiro atoms. The molecule has 0 saturated heterocycles. The van der Waals surface area contributed by atoms with E-state index in [1.807, 2.05) is 42.2 Å². The van der Waals surface area contributed by atoms with Gasteiger partial charge in [0.25, 0.3) is 0 Å². The number of rotatable bonds is 4. The summed E-state index contributed by atoms with van der Waals surface area (Å²) in [5.41, 5.74) is 2.50. The molecule has 1 aliphatic rings. The molecule has 0 radical (unpaired) electrons. The van der Waals surface area contributed by atoms with Crippen LogP contribution >= 0.6 is 0 Å². The molecule has 3 aromatic rings. The molecule has 174 valence electrons. The zero-order chi connectivity index (χ0) is 24.3. The van der Waals surface area contributed by atoms with Crippen molar-refractivity contribution in [3.8, 4) is 0 Å². The third-order valence-corrected chi connectivity index (χ3v) is 5.36. The summed E-state index contributed by atoms with van der Waals surface area (Å²) in [6, 6.07) is 12.3. The SMILES string of the molecule is Cc1cc(N2CC=CN=C2c2ccncc2)ccc1NC(=O)Nc1ccc(C)c(C(F)(F)F)c1. The number of benzene rings is 2. The predicted molar refractivity (Wildman–Crippen MR) is 127 cm³/mol. The van der Waals surface area contributed by atoms with Gasteiger partial charge in [0.05, 0.1) is 5.56 Å². The van der Waals surface area contributed by atoms with Crippen molar-refractivity contribution in [2.45, 2.75) is 20.0 Å². The van der Waals surface area contributed by atoms with E-state index in [2.05, 4.69) is 20.6 Å². The van der Waals surface area contributed by atoms with E-state index in [9.17, 15) is 18.0 Å². The molecule has 0 saturated carbocycles. The van der Waals surface area contributed by atoms with Crippen LogP contribution in [0.15, 0.2) is 78.2 Å². The molecule has 0 atom stereocenters. The Kier molecular flexibility index (Phi) is 6.36. The number of pyridine rings is 1. The number of aryl methyl sites for hydroxylation is 2. The second kappa shape index (κ2) is 9.38. The first-order valence-corrected chi connectivity index (χ1v) is 10.5. The van der Waals surface area contributed by atoms with Crippen molar-refractivity contribution < 1.29 is 18.0 Å². The number of aliphatic imine (C=N–C) groups is 1. The summed E-state index contributed by atoms with van der Waals surface area (Å²) in [5, 5.41) is 5.17. The van der Waals surface area contributed by atoms with Gasteiger partial charge < -0.3 is 15.5 Å². The Labute approximate surface area is 194 Å². The van der Waals surface area contributed by atoms with E-state index in [1.165, 1.54) is 19.1 Å². The van der Waals surface area contributed by atoms with Crippen molar-refractivity contribution >= 4 is 28.9 Å². The van der Waals surface area contributed by atoms with Gasteiger partial charge in [0.15, 0.2) is 0 Å². The van der Waals surface area contributed by atoms with Crippen molar-refractivity contribution in [2.24, 2.45) is 4.99 Å². The summed E-state index contributed by atoms with van der Waals surface area (Å²) in [6.07, 6.45) is 2.62. The highest BCUT2D eigenvalue weighted by Crippen LogP contribution is 2.33. The summed E-state index contributed by atoms with van der Waals surface area (Å²) in [7, 11) is 0. The van der Waals surface area contributed by atoms with Gasteiger partial charge >= 0.3 is 12.2 Å². The second-order valence-corrected chi connectivity index (χ2v) is 7.79. The van der Waals surface area contributed by atoms with Gasteiger partial charge in [0.1, 0.15) is 5.84 Å². The number of hydrogen-bond donors (Lipinski definition) is 2. The minimum atomic E-state index is -4.49. The van der Waals surface area contributed by atoms with Crippen LogP contribution in [0, 0.1) is 13.8 Å². The number of aromatic nitrogens is 1. The molecule has 1 aliphatic heterocycles. The molecule has 0 unspecified atom stereocenters. The van der Waals surface area contributed by atoms with Gasteiger partial charge in [-0.1, -0.05) is 6.07 Å². The molecule has 2 aromatic carbocycles. The van der Waals surface area contributed by atoms with Crippen LogP contribution in [-0.4, -0.2) is 23.4 Å². The summed E-state index contributed by atoms with van der Waals surface area (Å²) in [4.78, 5) is 23.1. The van der Waals surface area contributed by atoms with Crippen LogP contribution in [0.2, 0.25) is 0 Å². The Bertz CT molecular complexity index is 1270. The van der Waals surface area contributed by atoms with Gasteiger partial charge in [0, 0.05) is 47.8 Å². The smallest absolute Gasteiger partial charge is 0.322 e. The van der Waals surface area contributed by atoms with Crippen LogP contribution in [0.4, 0.5) is 35.0 Å². The fourth-order valence-corrected chi connectivity index (χ4v) is 3.64. The average molecular weight is 465 g/mol. The number of anilines is 3. The predicted octanol–water partition coefficient (Wildman–Crippen LogP) is 6.14. The molecule has 0 fully saturated rings. The number of amidine groups is 1. The molecule has 1 aromatic heterocycles. The van der Waals surface area contributed by atoms with Gasteiger partial charge in [-0.25, -0.2) is 9.79 Å². The number of halogens is 3. The molecule has 2 N–H and O–H groups in total. The topological polar surface area (TPSA) is 69.6 Å². The Balaban J connectivity index is 1.49. The van der Waals surface area contributed by atoms with Gasteiger partial charge in [-0.2, -0.15) is 13.2 Å². The van der Waals surface area contributed by atoms with Crippen LogP contribution in [0.25, 0.3) is 0 Å². The Morgan fingerprint density at radius 3 is 2.44 bits per heavy atom. The minimum absolute atomic E-state index is 0.0583. The van der Waals surface area contributed by atoms with Gasteiger partial charge in [0.2, 0.25) is 0 Å². The first kappa shape index (κ1) is 23.0. The molecule has 34 heavy (non-hydrogen) atoms. The van der Waals surface area contributed by atoms with E-state index in [0.717, 1.165) is 28.7 Å². The molecule has 9 heteroatoms. The van der Waals surface area contributed by atoms with Crippen LogP contribution in [-0.2, 0) is 6.18 Å². The van der Waals surface area contributed by atoms with E-state index in [0.29, 0.717) is 12.2 Å². The number of hydrogen-bond acceptors (Lipinski definition) is 4. The molecule has 2 amide bonds. The van der Waals surface area contributed by atoms with Crippen LogP contribution in [0.3, 0.4) is 0 Å². The standard InChI is InChI=1S/C25H22F3N5O/c1-16-4-5-19(15-21(16)25(26,27)28)31-24(34)32-22-7-6-20(14-17(22)2)33-13-3-10-30-23(33)18-8-11-29-12-9-18/h3-12,14-15H,13H2,1-2H3,(H2,31,32,34). The zero-order valence-electron chi connectivity index (χ0n) is 18.5. The van der Waals surface area contributed by atoms with E-state index in [-0.39, 0.29) is 11.3 Å². The van der Waals surface area contributed by atoms with Crippen molar-refractivity contribution in [3.63, 3.8) is 0 Å². The van der Waals surface area contributed by atoms with Crippen molar-refractivity contribution in [3.05, 3.63) is 95.5 Å². The van der Waals surface area contributed by atoms with Gasteiger partial charge in [-0.3, -0.25) is 4.98 Å². The minimum Gasteiger partial charge on any atom is -0.322 e.